The molecule has 1 N–H and O–H groups in total. The van der Waals surface area contributed by atoms with Gasteiger partial charge in [0.05, 0.1) is 12.7 Å². The van der Waals surface area contributed by atoms with E-state index in [9.17, 15) is 5.11 Å². The lowest BCUT2D eigenvalue weighted by atomic mass is 10.1. The second-order valence-corrected chi connectivity index (χ2v) is 5.36. The van der Waals surface area contributed by atoms with Gasteiger partial charge in [0.1, 0.15) is 5.75 Å². The minimum Gasteiger partial charge on any atom is -0.494 e. The summed E-state index contributed by atoms with van der Waals surface area (Å²) in [4.78, 5) is 2.44. The first kappa shape index (κ1) is 14.4. The van der Waals surface area contributed by atoms with Gasteiger partial charge in [0.15, 0.2) is 0 Å². The van der Waals surface area contributed by atoms with Gasteiger partial charge in [-0.25, -0.2) is 0 Å². The van der Waals surface area contributed by atoms with E-state index < -0.39 is 0 Å². The molecule has 3 heteroatoms. The minimum atomic E-state index is -0.0797. The van der Waals surface area contributed by atoms with E-state index in [1.807, 2.05) is 6.92 Å². The molecule has 0 aromatic heterocycles. The molecular weight excluding hydrogens is 238 g/mol. The molecule has 1 aromatic rings. The van der Waals surface area contributed by atoms with E-state index in [0.29, 0.717) is 0 Å². The van der Waals surface area contributed by atoms with Crippen molar-refractivity contribution in [2.24, 2.45) is 0 Å². The normalized spacial score (nSPS) is 17.6. The Morgan fingerprint density at radius 3 is 2.68 bits per heavy atom. The smallest absolute Gasteiger partial charge is 0.122 e. The standard InChI is InChI=1S/C16H25NO2/c1-3-19-16-5-4-14(12-13(16)2)6-9-17-10-7-15(18)8-11-17/h4-5,12,15,18H,3,6-11H2,1-2H3. The average molecular weight is 263 g/mol. The van der Waals surface area contributed by atoms with Gasteiger partial charge in [-0.3, -0.25) is 0 Å². The third-order valence-electron chi connectivity index (χ3n) is 3.81. The molecule has 0 aliphatic carbocycles. The number of rotatable bonds is 5. The van der Waals surface area contributed by atoms with Crippen LogP contribution < -0.4 is 4.74 Å². The van der Waals surface area contributed by atoms with Crippen LogP contribution in [-0.4, -0.2) is 42.4 Å². The molecule has 1 aliphatic rings. The van der Waals surface area contributed by atoms with Crippen molar-refractivity contribution < 1.29 is 9.84 Å². The van der Waals surface area contributed by atoms with Gasteiger partial charge in [-0.1, -0.05) is 12.1 Å². The van der Waals surface area contributed by atoms with Crippen molar-refractivity contribution in [2.45, 2.75) is 39.2 Å². The fourth-order valence-corrected chi connectivity index (χ4v) is 2.61. The van der Waals surface area contributed by atoms with Crippen LogP contribution in [-0.2, 0) is 6.42 Å². The van der Waals surface area contributed by atoms with Crippen molar-refractivity contribution in [1.82, 2.24) is 4.90 Å². The van der Waals surface area contributed by atoms with Gasteiger partial charge in [0, 0.05) is 19.6 Å². The first-order chi connectivity index (χ1) is 9.19. The van der Waals surface area contributed by atoms with Crippen LogP contribution in [0.3, 0.4) is 0 Å². The predicted molar refractivity (Wildman–Crippen MR) is 77.7 cm³/mol. The van der Waals surface area contributed by atoms with Crippen LogP contribution in [0.25, 0.3) is 0 Å². The number of piperidine rings is 1. The maximum absolute atomic E-state index is 9.49. The fourth-order valence-electron chi connectivity index (χ4n) is 2.61. The van der Waals surface area contributed by atoms with Gasteiger partial charge in [0.25, 0.3) is 0 Å². The summed E-state index contributed by atoms with van der Waals surface area (Å²) in [5.74, 6) is 0.993. The highest BCUT2D eigenvalue weighted by Gasteiger charge is 2.16. The van der Waals surface area contributed by atoms with E-state index in [0.717, 1.165) is 51.3 Å². The summed E-state index contributed by atoms with van der Waals surface area (Å²) in [6, 6.07) is 6.47. The van der Waals surface area contributed by atoms with E-state index in [1.165, 1.54) is 11.1 Å². The molecule has 0 saturated carbocycles. The lowest BCUT2D eigenvalue weighted by Gasteiger charge is -2.29. The summed E-state index contributed by atoms with van der Waals surface area (Å²) in [6.45, 7) is 7.97. The first-order valence-corrected chi connectivity index (χ1v) is 7.31. The number of aryl methyl sites for hydroxylation is 1. The van der Waals surface area contributed by atoms with Crippen LogP contribution in [0.2, 0.25) is 0 Å². The fraction of sp³-hybridized carbons (Fsp3) is 0.625. The van der Waals surface area contributed by atoms with Gasteiger partial charge in [0.2, 0.25) is 0 Å². The van der Waals surface area contributed by atoms with Crippen LogP contribution in [0.4, 0.5) is 0 Å². The van der Waals surface area contributed by atoms with E-state index in [4.69, 9.17) is 4.74 Å². The van der Waals surface area contributed by atoms with E-state index in [-0.39, 0.29) is 6.10 Å². The molecule has 106 valence electrons. The lowest BCUT2D eigenvalue weighted by molar-refractivity contribution is 0.0832. The zero-order valence-corrected chi connectivity index (χ0v) is 12.1. The zero-order chi connectivity index (χ0) is 13.7. The number of likely N-dealkylation sites (tertiary alicyclic amines) is 1. The molecule has 3 nitrogen and oxygen atoms in total. The molecule has 1 fully saturated rings. The Bertz CT molecular complexity index is 398. The van der Waals surface area contributed by atoms with Crippen LogP contribution in [0.5, 0.6) is 5.75 Å². The van der Waals surface area contributed by atoms with E-state index in [1.54, 1.807) is 0 Å². The Morgan fingerprint density at radius 2 is 2.05 bits per heavy atom. The Balaban J connectivity index is 1.84. The van der Waals surface area contributed by atoms with E-state index in [2.05, 4.69) is 30.0 Å². The SMILES string of the molecule is CCOc1ccc(CCN2CCC(O)CC2)cc1C. The Labute approximate surface area is 116 Å². The molecule has 0 radical (unpaired) electrons. The molecule has 2 rings (SSSR count). The Morgan fingerprint density at radius 1 is 1.32 bits per heavy atom. The van der Waals surface area contributed by atoms with Crippen molar-refractivity contribution in [3.63, 3.8) is 0 Å². The van der Waals surface area contributed by atoms with Gasteiger partial charge < -0.3 is 14.7 Å². The summed E-state index contributed by atoms with van der Waals surface area (Å²) in [6.07, 6.45) is 2.83. The van der Waals surface area contributed by atoms with Gasteiger partial charge >= 0.3 is 0 Å². The first-order valence-electron chi connectivity index (χ1n) is 7.31. The molecule has 1 aliphatic heterocycles. The molecule has 0 amide bonds. The molecule has 19 heavy (non-hydrogen) atoms. The molecule has 1 saturated heterocycles. The minimum absolute atomic E-state index is 0.0797. The van der Waals surface area contributed by atoms with Crippen molar-refractivity contribution in [1.29, 1.82) is 0 Å². The molecule has 1 aromatic carbocycles. The number of benzene rings is 1. The summed E-state index contributed by atoms with van der Waals surface area (Å²) in [5.41, 5.74) is 2.58. The van der Waals surface area contributed by atoms with E-state index >= 15 is 0 Å². The molecule has 0 atom stereocenters. The van der Waals surface area contributed by atoms with Crippen LogP contribution in [0.15, 0.2) is 18.2 Å². The van der Waals surface area contributed by atoms with Crippen molar-refractivity contribution in [2.75, 3.05) is 26.2 Å². The lowest BCUT2D eigenvalue weighted by Crippen LogP contribution is -2.37. The predicted octanol–water partition coefficient (Wildman–Crippen LogP) is 2.39. The van der Waals surface area contributed by atoms with Crippen molar-refractivity contribution in [3.8, 4) is 5.75 Å². The van der Waals surface area contributed by atoms with Gasteiger partial charge in [-0.05, 0) is 50.3 Å². The highest BCUT2D eigenvalue weighted by molar-refractivity contribution is 5.36. The topological polar surface area (TPSA) is 32.7 Å². The van der Waals surface area contributed by atoms with Crippen LogP contribution in [0, 0.1) is 6.92 Å². The highest BCUT2D eigenvalue weighted by atomic mass is 16.5. The number of aliphatic hydroxyl groups excluding tert-OH is 1. The maximum atomic E-state index is 9.49. The molecule has 0 spiro atoms. The number of nitrogens with zero attached hydrogens (tertiary/aromatic N) is 1. The average Bonchev–Trinajstić information content (AvgIpc) is 2.41. The largest absolute Gasteiger partial charge is 0.494 e. The number of ether oxygens (including phenoxy) is 1. The van der Waals surface area contributed by atoms with Crippen LogP contribution >= 0.6 is 0 Å². The van der Waals surface area contributed by atoms with Gasteiger partial charge in [-0.15, -0.1) is 0 Å². The number of hydrogen-bond donors (Lipinski definition) is 1. The Hall–Kier alpha value is -1.06. The van der Waals surface area contributed by atoms with Crippen LogP contribution in [0.1, 0.15) is 30.9 Å². The zero-order valence-electron chi connectivity index (χ0n) is 12.1. The Kier molecular flexibility index (Phi) is 5.23. The molecule has 0 bridgehead atoms. The van der Waals surface area contributed by atoms with Gasteiger partial charge in [-0.2, -0.15) is 0 Å². The third-order valence-corrected chi connectivity index (χ3v) is 3.81. The third kappa shape index (κ3) is 4.22. The quantitative estimate of drug-likeness (QED) is 0.885. The maximum Gasteiger partial charge on any atom is 0.122 e. The highest BCUT2D eigenvalue weighted by Crippen LogP contribution is 2.20. The second kappa shape index (κ2) is 6.92. The van der Waals surface area contributed by atoms with Crippen molar-refractivity contribution in [3.05, 3.63) is 29.3 Å². The number of aliphatic hydroxyl groups is 1. The summed E-state index contributed by atoms with van der Waals surface area (Å²) in [5, 5.41) is 9.49. The van der Waals surface area contributed by atoms with Crippen molar-refractivity contribution >= 4 is 0 Å². The molecule has 0 unspecified atom stereocenters. The monoisotopic (exact) mass is 263 g/mol. The molecule has 1 heterocycles. The summed E-state index contributed by atoms with van der Waals surface area (Å²) in [7, 11) is 0. The number of hydrogen-bond acceptors (Lipinski definition) is 3. The summed E-state index contributed by atoms with van der Waals surface area (Å²) < 4.78 is 5.56. The summed E-state index contributed by atoms with van der Waals surface area (Å²) >= 11 is 0. The molecular formula is C16H25NO2. The second-order valence-electron chi connectivity index (χ2n) is 5.36.